The normalized spacial score (nSPS) is 15.4. The molecule has 0 saturated carbocycles. The van der Waals surface area contributed by atoms with Crippen molar-refractivity contribution in [3.05, 3.63) is 91.6 Å². The quantitative estimate of drug-likeness (QED) is 0.387. The van der Waals surface area contributed by atoms with Crippen LogP contribution < -0.4 is 0 Å². The molecule has 0 aliphatic carbocycles. The van der Waals surface area contributed by atoms with Gasteiger partial charge in [-0.25, -0.2) is 0 Å². The van der Waals surface area contributed by atoms with E-state index in [0.29, 0.717) is 20.5 Å². The minimum Gasteiger partial charge on any atom is -0.318 e. The maximum atomic E-state index is 13.0. The molecule has 0 bridgehead atoms. The second-order valence-corrected chi connectivity index (χ2v) is 9.27. The lowest BCUT2D eigenvalue weighted by Gasteiger charge is -2.14. The molecule has 158 valence electrons. The van der Waals surface area contributed by atoms with Crippen molar-refractivity contribution in [3.63, 3.8) is 0 Å². The summed E-state index contributed by atoms with van der Waals surface area (Å²) in [5, 5.41) is 0.522. The van der Waals surface area contributed by atoms with E-state index in [1.54, 1.807) is 24.3 Å². The molecule has 2 heterocycles. The summed E-state index contributed by atoms with van der Waals surface area (Å²) in [6.45, 7) is 6.13. The summed E-state index contributed by atoms with van der Waals surface area (Å²) >= 11 is 13.4. The van der Waals surface area contributed by atoms with Gasteiger partial charge in [-0.15, -0.1) is 0 Å². The number of hydrogen-bond donors (Lipinski definition) is 0. The highest BCUT2D eigenvalue weighted by Gasteiger charge is 2.36. The van der Waals surface area contributed by atoms with Crippen molar-refractivity contribution in [2.75, 3.05) is 0 Å². The molecule has 0 spiro atoms. The first kappa shape index (κ1) is 21.8. The molecule has 4 rings (SSSR count). The molecule has 3 aromatic rings. The van der Waals surface area contributed by atoms with E-state index in [2.05, 4.69) is 35.8 Å². The fourth-order valence-electron chi connectivity index (χ4n) is 3.64. The number of nitrogens with zero attached hydrogens (tertiary/aromatic N) is 2. The van der Waals surface area contributed by atoms with Crippen LogP contribution in [0.3, 0.4) is 0 Å². The van der Waals surface area contributed by atoms with E-state index in [1.165, 1.54) is 10.5 Å². The van der Waals surface area contributed by atoms with Gasteiger partial charge in [-0.2, -0.15) is 0 Å². The molecule has 31 heavy (non-hydrogen) atoms. The smallest absolute Gasteiger partial charge is 0.293 e. The van der Waals surface area contributed by atoms with Crippen LogP contribution in [-0.4, -0.2) is 20.6 Å². The molecule has 0 N–H and O–H groups in total. The number of benzene rings is 2. The summed E-state index contributed by atoms with van der Waals surface area (Å²) in [5.74, 6) is -0.342. The third-order valence-electron chi connectivity index (χ3n) is 5.30. The third-order valence-corrected chi connectivity index (χ3v) is 6.92. The van der Waals surface area contributed by atoms with E-state index in [4.69, 9.17) is 23.2 Å². The van der Waals surface area contributed by atoms with Crippen LogP contribution in [0.2, 0.25) is 10.0 Å². The van der Waals surface area contributed by atoms with Gasteiger partial charge in [0.25, 0.3) is 11.1 Å². The SMILES string of the molecule is Cc1ccc(-n2c(C)cc(/C=C3\SC(=O)N(Cc4c(Cl)cccc4Cl)C3=O)c2C)cc1. The summed E-state index contributed by atoms with van der Waals surface area (Å²) < 4.78 is 2.14. The maximum Gasteiger partial charge on any atom is 0.293 e. The molecule has 4 nitrogen and oxygen atoms in total. The summed E-state index contributed by atoms with van der Waals surface area (Å²) in [6.07, 6.45) is 1.78. The number of halogens is 2. The number of hydrogen-bond acceptors (Lipinski definition) is 3. The molecular weight excluding hydrogens is 451 g/mol. The summed E-state index contributed by atoms with van der Waals surface area (Å²) in [6, 6.07) is 15.4. The van der Waals surface area contributed by atoms with Crippen molar-refractivity contribution < 1.29 is 9.59 Å². The number of imide groups is 1. The van der Waals surface area contributed by atoms with Crippen LogP contribution in [0.15, 0.2) is 53.4 Å². The minimum absolute atomic E-state index is 0.0445. The van der Waals surface area contributed by atoms with Crippen LogP contribution in [0.5, 0.6) is 0 Å². The van der Waals surface area contributed by atoms with E-state index in [9.17, 15) is 9.59 Å². The van der Waals surface area contributed by atoms with Gasteiger partial charge in [0.05, 0.1) is 11.4 Å². The third kappa shape index (κ3) is 4.18. The average molecular weight is 471 g/mol. The van der Waals surface area contributed by atoms with Gasteiger partial charge in [-0.1, -0.05) is 47.0 Å². The molecule has 2 aromatic carbocycles. The molecule has 0 atom stereocenters. The standard InChI is InChI=1S/C24H20Cl2N2O2S/c1-14-7-9-18(10-8-14)28-15(2)11-17(16(28)3)12-22-23(29)27(24(30)31-22)13-19-20(25)5-4-6-21(19)26/h4-12H,13H2,1-3H3/b22-12-. The molecule has 0 radical (unpaired) electrons. The maximum absolute atomic E-state index is 13.0. The summed E-state index contributed by atoms with van der Waals surface area (Å²) in [4.78, 5) is 27.1. The van der Waals surface area contributed by atoms with Gasteiger partial charge in [0.2, 0.25) is 0 Å². The molecule has 1 fully saturated rings. The van der Waals surface area contributed by atoms with E-state index < -0.39 is 0 Å². The summed E-state index contributed by atoms with van der Waals surface area (Å²) in [7, 11) is 0. The number of carbonyl (C=O) groups excluding carboxylic acids is 2. The van der Waals surface area contributed by atoms with Crippen molar-refractivity contribution in [1.82, 2.24) is 9.47 Å². The van der Waals surface area contributed by atoms with Crippen molar-refractivity contribution in [2.45, 2.75) is 27.3 Å². The molecule has 2 amide bonds. The highest BCUT2D eigenvalue weighted by Crippen LogP contribution is 2.36. The molecule has 7 heteroatoms. The van der Waals surface area contributed by atoms with E-state index in [0.717, 1.165) is 34.4 Å². The van der Waals surface area contributed by atoms with Crippen LogP contribution in [0, 0.1) is 20.8 Å². The Morgan fingerprint density at radius 2 is 1.61 bits per heavy atom. The van der Waals surface area contributed by atoms with Crippen LogP contribution in [0.4, 0.5) is 4.79 Å². The number of thioether (sulfide) groups is 1. The van der Waals surface area contributed by atoms with Crippen molar-refractivity contribution in [3.8, 4) is 5.69 Å². The molecule has 1 aliphatic rings. The first-order chi connectivity index (χ1) is 14.8. The highest BCUT2D eigenvalue weighted by molar-refractivity contribution is 8.18. The lowest BCUT2D eigenvalue weighted by Crippen LogP contribution is -2.27. The van der Waals surface area contributed by atoms with Gasteiger partial charge in [-0.05, 0) is 74.5 Å². The predicted octanol–water partition coefficient (Wildman–Crippen LogP) is 6.95. The molecule has 1 aromatic heterocycles. The van der Waals surface area contributed by atoms with Gasteiger partial charge in [0, 0.05) is 32.7 Å². The van der Waals surface area contributed by atoms with Gasteiger partial charge in [0.1, 0.15) is 0 Å². The lowest BCUT2D eigenvalue weighted by molar-refractivity contribution is -0.123. The van der Waals surface area contributed by atoms with Crippen LogP contribution >= 0.6 is 35.0 Å². The number of amides is 2. The Balaban J connectivity index is 1.64. The zero-order valence-electron chi connectivity index (χ0n) is 17.3. The first-order valence-electron chi connectivity index (χ1n) is 9.70. The highest BCUT2D eigenvalue weighted by atomic mass is 35.5. The second kappa shape index (κ2) is 8.58. The summed E-state index contributed by atoms with van der Waals surface area (Å²) in [5.41, 5.74) is 5.77. The van der Waals surface area contributed by atoms with Gasteiger partial charge < -0.3 is 4.57 Å². The van der Waals surface area contributed by atoms with Gasteiger partial charge in [0.15, 0.2) is 0 Å². The Bertz CT molecular complexity index is 1210. The fourth-order valence-corrected chi connectivity index (χ4v) is 4.99. The van der Waals surface area contributed by atoms with Gasteiger partial charge >= 0.3 is 0 Å². The number of aromatic nitrogens is 1. The van der Waals surface area contributed by atoms with Crippen molar-refractivity contribution in [1.29, 1.82) is 0 Å². The van der Waals surface area contributed by atoms with E-state index >= 15 is 0 Å². The predicted molar refractivity (Wildman–Crippen MR) is 128 cm³/mol. The molecular formula is C24H20Cl2N2O2S. The topological polar surface area (TPSA) is 42.3 Å². The minimum atomic E-state index is -0.342. The largest absolute Gasteiger partial charge is 0.318 e. The second-order valence-electron chi connectivity index (χ2n) is 7.47. The lowest BCUT2D eigenvalue weighted by atomic mass is 10.2. The number of rotatable bonds is 4. The van der Waals surface area contributed by atoms with Crippen molar-refractivity contribution in [2.24, 2.45) is 0 Å². The van der Waals surface area contributed by atoms with Crippen LogP contribution in [0.1, 0.15) is 28.1 Å². The zero-order valence-corrected chi connectivity index (χ0v) is 19.6. The Morgan fingerprint density at radius 1 is 0.968 bits per heavy atom. The Morgan fingerprint density at radius 3 is 2.26 bits per heavy atom. The monoisotopic (exact) mass is 470 g/mol. The number of carbonyl (C=O) groups is 2. The zero-order chi connectivity index (χ0) is 22.3. The molecule has 1 saturated heterocycles. The Kier molecular flexibility index (Phi) is 6.02. The Labute approximate surface area is 195 Å². The molecule has 1 aliphatic heterocycles. The Hall–Kier alpha value is -2.47. The van der Waals surface area contributed by atoms with Crippen LogP contribution in [0.25, 0.3) is 11.8 Å². The van der Waals surface area contributed by atoms with E-state index in [1.807, 2.05) is 19.9 Å². The first-order valence-corrected chi connectivity index (χ1v) is 11.3. The van der Waals surface area contributed by atoms with E-state index in [-0.39, 0.29) is 17.7 Å². The fraction of sp³-hybridized carbons (Fsp3) is 0.167. The van der Waals surface area contributed by atoms with Crippen LogP contribution in [-0.2, 0) is 11.3 Å². The average Bonchev–Trinajstić information content (AvgIpc) is 3.15. The van der Waals surface area contributed by atoms with Crippen molar-refractivity contribution >= 4 is 52.2 Å². The molecule has 0 unspecified atom stereocenters. The number of aryl methyl sites for hydroxylation is 2. The van der Waals surface area contributed by atoms with Gasteiger partial charge in [-0.3, -0.25) is 14.5 Å².